The van der Waals surface area contributed by atoms with E-state index in [0.717, 1.165) is 10.4 Å². The topological polar surface area (TPSA) is 75.3 Å². The molecule has 1 aromatic heterocycles. The molecule has 0 saturated heterocycles. The van der Waals surface area contributed by atoms with Gasteiger partial charge < -0.3 is 5.32 Å². The summed E-state index contributed by atoms with van der Waals surface area (Å²) in [5.74, 6) is -0.186. The first kappa shape index (κ1) is 17.7. The van der Waals surface area contributed by atoms with Crippen LogP contribution in [0.4, 0.5) is 0 Å². The van der Waals surface area contributed by atoms with Crippen molar-refractivity contribution in [1.82, 2.24) is 10.0 Å². The van der Waals surface area contributed by atoms with Crippen molar-refractivity contribution >= 4 is 27.3 Å². The average Bonchev–Trinajstić information content (AvgIpc) is 2.92. The minimum Gasteiger partial charge on any atom is -0.350 e. The Labute approximate surface area is 140 Å². The lowest BCUT2D eigenvalue weighted by Crippen LogP contribution is -2.34. The summed E-state index contributed by atoms with van der Waals surface area (Å²) in [6.07, 6.45) is 0. The number of amides is 1. The molecule has 2 N–H and O–H groups in total. The third-order valence-electron chi connectivity index (χ3n) is 3.30. The first-order chi connectivity index (χ1) is 10.8. The maximum atomic E-state index is 12.3. The van der Waals surface area contributed by atoms with E-state index in [1.165, 1.54) is 11.3 Å². The van der Waals surface area contributed by atoms with Crippen molar-refractivity contribution in [2.75, 3.05) is 13.1 Å². The quantitative estimate of drug-likeness (QED) is 0.784. The Bertz CT molecular complexity index is 810. The lowest BCUT2D eigenvalue weighted by molar-refractivity contribution is 0.0958. The molecule has 0 saturated carbocycles. The summed E-state index contributed by atoms with van der Waals surface area (Å²) in [6.45, 7) is 5.92. The molecule has 2 aromatic rings. The van der Waals surface area contributed by atoms with Crippen LogP contribution in [0.3, 0.4) is 0 Å². The first-order valence-corrected chi connectivity index (χ1v) is 9.51. The molecule has 0 aliphatic rings. The summed E-state index contributed by atoms with van der Waals surface area (Å²) in [5, 5.41) is 2.71. The number of thiophene rings is 1. The molecule has 7 heteroatoms. The van der Waals surface area contributed by atoms with Gasteiger partial charge in [-0.05, 0) is 50.1 Å². The van der Waals surface area contributed by atoms with Crippen LogP contribution in [0.5, 0.6) is 0 Å². The maximum absolute atomic E-state index is 12.3. The van der Waals surface area contributed by atoms with E-state index in [2.05, 4.69) is 10.0 Å². The Hall–Kier alpha value is -1.70. The van der Waals surface area contributed by atoms with Crippen molar-refractivity contribution in [3.05, 3.63) is 51.2 Å². The van der Waals surface area contributed by atoms with Gasteiger partial charge in [0, 0.05) is 18.0 Å². The molecule has 0 atom stereocenters. The van der Waals surface area contributed by atoms with E-state index < -0.39 is 10.0 Å². The van der Waals surface area contributed by atoms with E-state index in [9.17, 15) is 13.2 Å². The number of benzene rings is 1. The Balaban J connectivity index is 1.90. The molecule has 0 unspecified atom stereocenters. The summed E-state index contributed by atoms with van der Waals surface area (Å²) >= 11 is 1.41. The molecule has 0 radical (unpaired) electrons. The van der Waals surface area contributed by atoms with Crippen molar-refractivity contribution in [2.45, 2.75) is 25.7 Å². The van der Waals surface area contributed by atoms with Gasteiger partial charge in [0.1, 0.15) is 0 Å². The van der Waals surface area contributed by atoms with Crippen molar-refractivity contribution in [1.29, 1.82) is 0 Å². The highest BCUT2D eigenvalue weighted by Gasteiger charge is 2.16. The molecule has 0 fully saturated rings. The van der Waals surface area contributed by atoms with Crippen LogP contribution in [-0.4, -0.2) is 27.4 Å². The van der Waals surface area contributed by atoms with Gasteiger partial charge in [0.2, 0.25) is 10.0 Å². The zero-order chi connectivity index (χ0) is 17.0. The Kier molecular flexibility index (Phi) is 5.56. The fourth-order valence-corrected chi connectivity index (χ4v) is 4.22. The number of hydrogen-bond acceptors (Lipinski definition) is 4. The SMILES string of the molecule is Cc1ccc(C)c(S(=O)(=O)NCCNC(=O)c2ccc(C)s2)c1. The third-order valence-corrected chi connectivity index (χ3v) is 5.90. The molecule has 0 aliphatic heterocycles. The Morgan fingerprint density at radius 1 is 1.09 bits per heavy atom. The minimum atomic E-state index is -3.57. The first-order valence-electron chi connectivity index (χ1n) is 7.21. The van der Waals surface area contributed by atoms with Gasteiger partial charge in [-0.15, -0.1) is 11.3 Å². The molecule has 5 nitrogen and oxygen atoms in total. The van der Waals surface area contributed by atoms with Crippen molar-refractivity contribution in [3.63, 3.8) is 0 Å². The monoisotopic (exact) mass is 352 g/mol. The van der Waals surface area contributed by atoms with E-state index in [-0.39, 0.29) is 23.9 Å². The largest absolute Gasteiger partial charge is 0.350 e. The van der Waals surface area contributed by atoms with Crippen LogP contribution in [0.15, 0.2) is 35.2 Å². The molecule has 23 heavy (non-hydrogen) atoms. The maximum Gasteiger partial charge on any atom is 0.261 e. The highest BCUT2D eigenvalue weighted by Crippen LogP contribution is 2.16. The van der Waals surface area contributed by atoms with Gasteiger partial charge >= 0.3 is 0 Å². The Morgan fingerprint density at radius 2 is 1.83 bits per heavy atom. The summed E-state index contributed by atoms with van der Waals surface area (Å²) in [5.41, 5.74) is 1.58. The van der Waals surface area contributed by atoms with Gasteiger partial charge in [-0.2, -0.15) is 0 Å². The van der Waals surface area contributed by atoms with Gasteiger partial charge in [0.25, 0.3) is 5.91 Å². The predicted octanol–water partition coefficient (Wildman–Crippen LogP) is 2.38. The highest BCUT2D eigenvalue weighted by molar-refractivity contribution is 7.89. The summed E-state index contributed by atoms with van der Waals surface area (Å²) in [4.78, 5) is 13.8. The molecule has 1 aromatic carbocycles. The minimum absolute atomic E-state index is 0.145. The standard InChI is InChI=1S/C16H20N2O3S2/c1-11-4-5-12(2)15(10-11)23(20,21)18-9-8-17-16(19)14-7-6-13(3)22-14/h4-7,10,18H,8-9H2,1-3H3,(H,17,19). The number of rotatable bonds is 6. The number of nitrogens with one attached hydrogen (secondary N) is 2. The summed E-state index contributed by atoms with van der Waals surface area (Å²) in [7, 11) is -3.57. The predicted molar refractivity (Wildman–Crippen MR) is 92.5 cm³/mol. The van der Waals surface area contributed by atoms with E-state index in [1.807, 2.05) is 26.0 Å². The van der Waals surface area contributed by atoms with Crippen LogP contribution in [0.1, 0.15) is 25.7 Å². The molecular formula is C16H20N2O3S2. The van der Waals surface area contributed by atoms with Gasteiger partial charge in [0.05, 0.1) is 9.77 Å². The van der Waals surface area contributed by atoms with Gasteiger partial charge in [-0.25, -0.2) is 13.1 Å². The Morgan fingerprint density at radius 3 is 2.48 bits per heavy atom. The third kappa shape index (κ3) is 4.63. The second kappa shape index (κ2) is 7.25. The van der Waals surface area contributed by atoms with E-state index in [4.69, 9.17) is 0 Å². The normalized spacial score (nSPS) is 11.4. The van der Waals surface area contributed by atoms with Crippen LogP contribution < -0.4 is 10.0 Å². The molecule has 124 valence electrons. The fraction of sp³-hybridized carbons (Fsp3) is 0.312. The van der Waals surface area contributed by atoms with Crippen LogP contribution in [0, 0.1) is 20.8 Å². The molecule has 0 spiro atoms. The number of sulfonamides is 1. The van der Waals surface area contributed by atoms with Gasteiger partial charge in [-0.1, -0.05) is 12.1 Å². The molecular weight excluding hydrogens is 332 g/mol. The fourth-order valence-electron chi connectivity index (χ4n) is 2.08. The summed E-state index contributed by atoms with van der Waals surface area (Å²) in [6, 6.07) is 8.94. The summed E-state index contributed by atoms with van der Waals surface area (Å²) < 4.78 is 27.1. The molecule has 1 amide bonds. The molecule has 2 rings (SSSR count). The van der Waals surface area contributed by atoms with Crippen LogP contribution >= 0.6 is 11.3 Å². The zero-order valence-corrected chi connectivity index (χ0v) is 15.0. The lowest BCUT2D eigenvalue weighted by Gasteiger charge is -2.10. The second-order valence-electron chi connectivity index (χ2n) is 5.33. The second-order valence-corrected chi connectivity index (χ2v) is 8.36. The smallest absolute Gasteiger partial charge is 0.261 e. The molecule has 0 bridgehead atoms. The number of carbonyl (C=O) groups excluding carboxylic acids is 1. The highest BCUT2D eigenvalue weighted by atomic mass is 32.2. The lowest BCUT2D eigenvalue weighted by atomic mass is 10.2. The van der Waals surface area contributed by atoms with Gasteiger partial charge in [0.15, 0.2) is 0 Å². The number of hydrogen-bond donors (Lipinski definition) is 2. The van der Waals surface area contributed by atoms with Gasteiger partial charge in [-0.3, -0.25) is 4.79 Å². The van der Waals surface area contributed by atoms with Crippen molar-refractivity contribution < 1.29 is 13.2 Å². The molecule has 1 heterocycles. The van der Waals surface area contributed by atoms with E-state index in [0.29, 0.717) is 10.4 Å². The van der Waals surface area contributed by atoms with Crippen molar-refractivity contribution in [2.24, 2.45) is 0 Å². The van der Waals surface area contributed by atoms with Crippen LogP contribution in [-0.2, 0) is 10.0 Å². The molecule has 0 aliphatic carbocycles. The van der Waals surface area contributed by atoms with Crippen LogP contribution in [0.25, 0.3) is 0 Å². The van der Waals surface area contributed by atoms with Crippen LogP contribution in [0.2, 0.25) is 0 Å². The van der Waals surface area contributed by atoms with E-state index in [1.54, 1.807) is 25.1 Å². The number of carbonyl (C=O) groups is 1. The van der Waals surface area contributed by atoms with Crippen molar-refractivity contribution in [3.8, 4) is 0 Å². The number of aryl methyl sites for hydroxylation is 3. The zero-order valence-electron chi connectivity index (χ0n) is 13.3. The average molecular weight is 352 g/mol. The van der Waals surface area contributed by atoms with E-state index >= 15 is 0 Å².